The first kappa shape index (κ1) is 18.4. The smallest absolute Gasteiger partial charge is 0.317 e. The lowest BCUT2D eigenvalue weighted by Crippen LogP contribution is -2.52. The van der Waals surface area contributed by atoms with Gasteiger partial charge in [0.2, 0.25) is 0 Å². The highest BCUT2D eigenvalue weighted by Crippen LogP contribution is 2.29. The molecule has 0 bridgehead atoms. The third kappa shape index (κ3) is 4.22. The molecule has 1 saturated heterocycles. The van der Waals surface area contributed by atoms with Crippen molar-refractivity contribution in [3.63, 3.8) is 0 Å². The van der Waals surface area contributed by atoms with Gasteiger partial charge < -0.3 is 19.9 Å². The highest BCUT2D eigenvalue weighted by Gasteiger charge is 2.23. The standard InChI is InChI=1S/C20H24ClN3O2/c1-15(16-6-4-3-5-7-16)22-20(25)24-12-10-23(11-13-24)17-8-9-19(26-2)18(21)14-17/h3-9,14-15H,10-13H2,1-2H3,(H,22,25). The molecular formula is C20H24ClN3O2. The van der Waals surface area contributed by atoms with Gasteiger partial charge in [-0.1, -0.05) is 41.9 Å². The van der Waals surface area contributed by atoms with Gasteiger partial charge in [0, 0.05) is 31.9 Å². The number of hydrogen-bond acceptors (Lipinski definition) is 3. The molecule has 1 heterocycles. The molecule has 26 heavy (non-hydrogen) atoms. The Morgan fingerprint density at radius 2 is 1.81 bits per heavy atom. The van der Waals surface area contributed by atoms with Crippen LogP contribution in [-0.4, -0.2) is 44.2 Å². The SMILES string of the molecule is COc1ccc(N2CCN(C(=O)NC(C)c3ccccc3)CC2)cc1Cl. The maximum absolute atomic E-state index is 12.5. The molecule has 0 spiro atoms. The minimum atomic E-state index is -0.0197. The van der Waals surface area contributed by atoms with E-state index in [1.807, 2.05) is 60.4 Å². The number of halogens is 1. The highest BCUT2D eigenvalue weighted by atomic mass is 35.5. The van der Waals surface area contributed by atoms with Gasteiger partial charge in [-0.05, 0) is 30.7 Å². The molecule has 1 fully saturated rings. The fourth-order valence-corrected chi connectivity index (χ4v) is 3.37. The van der Waals surface area contributed by atoms with Gasteiger partial charge in [0.25, 0.3) is 0 Å². The maximum atomic E-state index is 12.5. The molecule has 0 aliphatic carbocycles. The summed E-state index contributed by atoms with van der Waals surface area (Å²) in [5, 5.41) is 3.67. The van der Waals surface area contributed by atoms with Crippen LogP contribution < -0.4 is 15.0 Å². The largest absolute Gasteiger partial charge is 0.495 e. The molecule has 2 amide bonds. The van der Waals surface area contributed by atoms with Crippen LogP contribution >= 0.6 is 11.6 Å². The van der Waals surface area contributed by atoms with Crippen molar-refractivity contribution in [2.45, 2.75) is 13.0 Å². The molecule has 0 saturated carbocycles. The Morgan fingerprint density at radius 3 is 2.42 bits per heavy atom. The average Bonchev–Trinajstić information content (AvgIpc) is 2.68. The van der Waals surface area contributed by atoms with Crippen molar-refractivity contribution in [2.24, 2.45) is 0 Å². The predicted molar refractivity (Wildman–Crippen MR) is 105 cm³/mol. The number of piperazine rings is 1. The number of methoxy groups -OCH3 is 1. The van der Waals surface area contributed by atoms with Crippen LogP contribution in [-0.2, 0) is 0 Å². The average molecular weight is 374 g/mol. The van der Waals surface area contributed by atoms with Gasteiger partial charge in [0.1, 0.15) is 5.75 Å². The summed E-state index contributed by atoms with van der Waals surface area (Å²) in [4.78, 5) is 16.6. The fourth-order valence-electron chi connectivity index (χ4n) is 3.12. The quantitative estimate of drug-likeness (QED) is 0.882. The zero-order chi connectivity index (χ0) is 18.5. The van der Waals surface area contributed by atoms with Crippen LogP contribution in [0.2, 0.25) is 5.02 Å². The van der Waals surface area contributed by atoms with Gasteiger partial charge >= 0.3 is 6.03 Å². The topological polar surface area (TPSA) is 44.8 Å². The lowest BCUT2D eigenvalue weighted by atomic mass is 10.1. The summed E-state index contributed by atoms with van der Waals surface area (Å²) in [7, 11) is 1.61. The second kappa shape index (κ2) is 8.32. The zero-order valence-corrected chi connectivity index (χ0v) is 15.9. The molecule has 6 heteroatoms. The number of nitrogens with zero attached hydrogens (tertiary/aromatic N) is 2. The van der Waals surface area contributed by atoms with Gasteiger partial charge in [-0.3, -0.25) is 0 Å². The van der Waals surface area contributed by atoms with Crippen molar-refractivity contribution in [1.82, 2.24) is 10.2 Å². The zero-order valence-electron chi connectivity index (χ0n) is 15.1. The third-order valence-electron chi connectivity index (χ3n) is 4.71. The van der Waals surface area contributed by atoms with E-state index in [4.69, 9.17) is 16.3 Å². The lowest BCUT2D eigenvalue weighted by Gasteiger charge is -2.36. The van der Waals surface area contributed by atoms with Crippen molar-refractivity contribution in [3.05, 3.63) is 59.1 Å². The first-order valence-electron chi connectivity index (χ1n) is 8.77. The van der Waals surface area contributed by atoms with Gasteiger partial charge in [0.15, 0.2) is 0 Å². The van der Waals surface area contributed by atoms with E-state index in [9.17, 15) is 4.79 Å². The number of amides is 2. The molecule has 2 aromatic rings. The molecule has 1 N–H and O–H groups in total. The predicted octanol–water partition coefficient (Wildman–Crippen LogP) is 3.94. The number of ether oxygens (including phenoxy) is 1. The minimum absolute atomic E-state index is 0.0119. The van der Waals surface area contributed by atoms with Crippen LogP contribution in [0.4, 0.5) is 10.5 Å². The van der Waals surface area contributed by atoms with Gasteiger partial charge in [-0.2, -0.15) is 0 Å². The molecule has 2 aromatic carbocycles. The number of urea groups is 1. The van der Waals surface area contributed by atoms with E-state index in [1.165, 1.54) is 0 Å². The molecule has 3 rings (SSSR count). The van der Waals surface area contributed by atoms with Crippen LogP contribution in [0.3, 0.4) is 0 Å². The monoisotopic (exact) mass is 373 g/mol. The van der Waals surface area contributed by atoms with Gasteiger partial charge in [-0.25, -0.2) is 4.79 Å². The van der Waals surface area contributed by atoms with Crippen molar-refractivity contribution in [1.29, 1.82) is 0 Å². The summed E-state index contributed by atoms with van der Waals surface area (Å²) in [6.07, 6.45) is 0. The van der Waals surface area contributed by atoms with Gasteiger partial charge in [-0.15, -0.1) is 0 Å². The second-order valence-electron chi connectivity index (χ2n) is 6.37. The molecule has 1 unspecified atom stereocenters. The fraction of sp³-hybridized carbons (Fsp3) is 0.350. The normalized spacial score (nSPS) is 15.5. The molecule has 0 aromatic heterocycles. The van der Waals surface area contributed by atoms with Crippen molar-refractivity contribution in [3.8, 4) is 5.75 Å². The van der Waals surface area contributed by atoms with E-state index >= 15 is 0 Å². The van der Waals surface area contributed by atoms with Crippen molar-refractivity contribution in [2.75, 3.05) is 38.2 Å². The summed E-state index contributed by atoms with van der Waals surface area (Å²) < 4.78 is 5.20. The molecular weight excluding hydrogens is 350 g/mol. The van der Waals surface area contributed by atoms with Gasteiger partial charge in [0.05, 0.1) is 18.2 Å². The number of carbonyl (C=O) groups is 1. The third-order valence-corrected chi connectivity index (χ3v) is 5.00. The van der Waals surface area contributed by atoms with E-state index in [1.54, 1.807) is 7.11 Å². The van der Waals surface area contributed by atoms with E-state index < -0.39 is 0 Å². The molecule has 1 atom stereocenters. The summed E-state index contributed by atoms with van der Waals surface area (Å²) in [5.74, 6) is 0.670. The maximum Gasteiger partial charge on any atom is 0.317 e. The number of anilines is 1. The Morgan fingerprint density at radius 1 is 1.12 bits per heavy atom. The summed E-state index contributed by atoms with van der Waals surface area (Å²) in [6.45, 7) is 4.91. The number of carbonyl (C=O) groups excluding carboxylic acids is 1. The number of rotatable bonds is 4. The molecule has 1 aliphatic heterocycles. The van der Waals surface area contributed by atoms with Crippen LogP contribution in [0.15, 0.2) is 48.5 Å². The van der Waals surface area contributed by atoms with Crippen LogP contribution in [0.5, 0.6) is 5.75 Å². The van der Waals surface area contributed by atoms with E-state index in [2.05, 4.69) is 10.2 Å². The Labute approximate surface area is 159 Å². The highest BCUT2D eigenvalue weighted by molar-refractivity contribution is 6.32. The van der Waals surface area contributed by atoms with Crippen molar-refractivity contribution < 1.29 is 9.53 Å². The summed E-state index contributed by atoms with van der Waals surface area (Å²) in [6, 6.07) is 15.7. The van der Waals surface area contributed by atoms with Crippen LogP contribution in [0.25, 0.3) is 0 Å². The van der Waals surface area contributed by atoms with Crippen molar-refractivity contribution >= 4 is 23.3 Å². The Kier molecular flexibility index (Phi) is 5.89. The minimum Gasteiger partial charge on any atom is -0.495 e. The van der Waals surface area contributed by atoms with Crippen LogP contribution in [0.1, 0.15) is 18.5 Å². The number of nitrogens with one attached hydrogen (secondary N) is 1. The number of benzene rings is 2. The molecule has 0 radical (unpaired) electrons. The molecule has 138 valence electrons. The summed E-state index contributed by atoms with van der Waals surface area (Å²) in [5.41, 5.74) is 2.15. The Bertz CT molecular complexity index is 746. The second-order valence-corrected chi connectivity index (χ2v) is 6.78. The Hall–Kier alpha value is -2.40. The summed E-state index contributed by atoms with van der Waals surface area (Å²) >= 11 is 6.22. The van der Waals surface area contributed by atoms with Crippen LogP contribution in [0, 0.1) is 0 Å². The number of hydrogen-bond donors (Lipinski definition) is 1. The molecule has 5 nitrogen and oxygen atoms in total. The first-order chi connectivity index (χ1) is 12.6. The molecule has 1 aliphatic rings. The lowest BCUT2D eigenvalue weighted by molar-refractivity contribution is 0.191. The first-order valence-corrected chi connectivity index (χ1v) is 9.15. The van der Waals surface area contributed by atoms with E-state index in [0.29, 0.717) is 23.9 Å². The Balaban J connectivity index is 1.54. The van der Waals surface area contributed by atoms with E-state index in [-0.39, 0.29) is 12.1 Å². The van der Waals surface area contributed by atoms with E-state index in [0.717, 1.165) is 24.3 Å².